The summed E-state index contributed by atoms with van der Waals surface area (Å²) in [5.74, 6) is 1.07. The first kappa shape index (κ1) is 13.1. The number of thiophene rings is 1. The standard InChI is InChI=1S/C14H19N3S/c1-2-17(11-13-6-4-10-18-13)14-12(7-8-15)5-3-9-16-14/h3-6,9-10H,2,7-8,11,15H2,1H3. The average Bonchev–Trinajstić information content (AvgIpc) is 2.90. The number of rotatable bonds is 6. The van der Waals surface area contributed by atoms with Crippen molar-refractivity contribution in [2.75, 3.05) is 18.0 Å². The van der Waals surface area contributed by atoms with Crippen LogP contribution in [0.5, 0.6) is 0 Å². The SMILES string of the molecule is CCN(Cc1cccs1)c1ncccc1CCN. The first-order valence-electron chi connectivity index (χ1n) is 6.26. The molecule has 0 saturated heterocycles. The lowest BCUT2D eigenvalue weighted by Crippen LogP contribution is -2.24. The summed E-state index contributed by atoms with van der Waals surface area (Å²) in [6, 6.07) is 8.35. The number of pyridine rings is 1. The van der Waals surface area contributed by atoms with Gasteiger partial charge in [-0.3, -0.25) is 0 Å². The van der Waals surface area contributed by atoms with Crippen LogP contribution in [0.15, 0.2) is 35.8 Å². The van der Waals surface area contributed by atoms with E-state index in [9.17, 15) is 0 Å². The minimum absolute atomic E-state index is 0.662. The fourth-order valence-corrected chi connectivity index (χ4v) is 2.71. The van der Waals surface area contributed by atoms with Gasteiger partial charge in [-0.2, -0.15) is 0 Å². The van der Waals surface area contributed by atoms with Crippen LogP contribution in [0, 0.1) is 0 Å². The predicted octanol–water partition coefficient (Wildman–Crippen LogP) is 2.67. The Morgan fingerprint density at radius 2 is 2.22 bits per heavy atom. The first-order chi connectivity index (χ1) is 8.85. The van der Waals surface area contributed by atoms with Crippen molar-refractivity contribution in [1.82, 2.24) is 4.98 Å². The van der Waals surface area contributed by atoms with Gasteiger partial charge >= 0.3 is 0 Å². The number of aromatic nitrogens is 1. The summed E-state index contributed by atoms with van der Waals surface area (Å²) in [7, 11) is 0. The maximum absolute atomic E-state index is 5.66. The summed E-state index contributed by atoms with van der Waals surface area (Å²) in [4.78, 5) is 8.19. The van der Waals surface area contributed by atoms with Crippen LogP contribution < -0.4 is 10.6 Å². The van der Waals surface area contributed by atoms with Crippen LogP contribution in [0.4, 0.5) is 5.82 Å². The zero-order valence-electron chi connectivity index (χ0n) is 10.7. The van der Waals surface area contributed by atoms with Crippen LogP contribution >= 0.6 is 11.3 Å². The largest absolute Gasteiger partial charge is 0.352 e. The number of hydrogen-bond donors (Lipinski definition) is 1. The third kappa shape index (κ3) is 3.09. The van der Waals surface area contributed by atoms with Gasteiger partial charge < -0.3 is 10.6 Å². The maximum atomic E-state index is 5.66. The van der Waals surface area contributed by atoms with Crippen molar-refractivity contribution >= 4 is 17.2 Å². The van der Waals surface area contributed by atoms with Gasteiger partial charge in [0.15, 0.2) is 0 Å². The molecule has 4 heteroatoms. The van der Waals surface area contributed by atoms with Gasteiger partial charge in [-0.05, 0) is 43.0 Å². The number of hydrogen-bond acceptors (Lipinski definition) is 4. The molecule has 2 aromatic heterocycles. The van der Waals surface area contributed by atoms with Gasteiger partial charge in [0.1, 0.15) is 5.82 Å². The van der Waals surface area contributed by atoms with Crippen LogP contribution in [0.2, 0.25) is 0 Å². The van der Waals surface area contributed by atoms with Crippen LogP contribution in [0.1, 0.15) is 17.4 Å². The molecule has 0 spiro atoms. The Bertz CT molecular complexity index is 468. The summed E-state index contributed by atoms with van der Waals surface area (Å²) < 4.78 is 0. The third-order valence-electron chi connectivity index (χ3n) is 2.89. The highest BCUT2D eigenvalue weighted by Gasteiger charge is 2.11. The summed E-state index contributed by atoms with van der Waals surface area (Å²) in [6.07, 6.45) is 2.73. The van der Waals surface area contributed by atoms with Crippen LogP contribution in [0.3, 0.4) is 0 Å². The van der Waals surface area contributed by atoms with E-state index in [2.05, 4.69) is 40.4 Å². The Morgan fingerprint density at radius 1 is 1.33 bits per heavy atom. The van der Waals surface area contributed by atoms with E-state index in [4.69, 9.17) is 5.73 Å². The van der Waals surface area contributed by atoms with Crippen molar-refractivity contribution in [2.24, 2.45) is 5.73 Å². The molecular weight excluding hydrogens is 242 g/mol. The molecule has 2 aromatic rings. The lowest BCUT2D eigenvalue weighted by molar-refractivity contribution is 0.807. The molecule has 0 aliphatic heterocycles. The van der Waals surface area contributed by atoms with Crippen molar-refractivity contribution in [3.63, 3.8) is 0 Å². The van der Waals surface area contributed by atoms with E-state index < -0.39 is 0 Å². The Balaban J connectivity index is 2.21. The molecule has 18 heavy (non-hydrogen) atoms. The third-order valence-corrected chi connectivity index (χ3v) is 3.75. The summed E-state index contributed by atoms with van der Waals surface area (Å²) in [5, 5.41) is 2.11. The number of anilines is 1. The zero-order chi connectivity index (χ0) is 12.8. The molecule has 0 aromatic carbocycles. The van der Waals surface area contributed by atoms with E-state index in [0.717, 1.165) is 25.3 Å². The normalized spacial score (nSPS) is 10.6. The molecule has 2 rings (SSSR count). The fourth-order valence-electron chi connectivity index (χ4n) is 1.99. The van der Waals surface area contributed by atoms with Crippen LogP contribution in [-0.4, -0.2) is 18.1 Å². The van der Waals surface area contributed by atoms with Gasteiger partial charge in [0, 0.05) is 17.6 Å². The molecule has 0 unspecified atom stereocenters. The lowest BCUT2D eigenvalue weighted by atomic mass is 10.1. The van der Waals surface area contributed by atoms with Crippen molar-refractivity contribution in [2.45, 2.75) is 19.9 Å². The smallest absolute Gasteiger partial charge is 0.132 e. The lowest BCUT2D eigenvalue weighted by Gasteiger charge is -2.23. The highest BCUT2D eigenvalue weighted by atomic mass is 32.1. The van der Waals surface area contributed by atoms with Crippen molar-refractivity contribution in [3.8, 4) is 0 Å². The predicted molar refractivity (Wildman–Crippen MR) is 78.0 cm³/mol. The molecule has 0 saturated carbocycles. The Labute approximate surface area is 112 Å². The molecule has 0 aliphatic carbocycles. The molecule has 2 N–H and O–H groups in total. The molecule has 96 valence electrons. The molecule has 3 nitrogen and oxygen atoms in total. The monoisotopic (exact) mass is 261 g/mol. The number of nitrogens with zero attached hydrogens (tertiary/aromatic N) is 2. The minimum Gasteiger partial charge on any atom is -0.352 e. The molecule has 2 heterocycles. The van der Waals surface area contributed by atoms with Gasteiger partial charge in [0.05, 0.1) is 6.54 Å². The summed E-state index contributed by atoms with van der Waals surface area (Å²) in [5.41, 5.74) is 6.90. The van der Waals surface area contributed by atoms with E-state index in [1.807, 2.05) is 12.3 Å². The maximum Gasteiger partial charge on any atom is 0.132 e. The average molecular weight is 261 g/mol. The Hall–Kier alpha value is -1.39. The van der Waals surface area contributed by atoms with Crippen LogP contribution in [-0.2, 0) is 13.0 Å². The second kappa shape index (κ2) is 6.52. The molecule has 0 atom stereocenters. The van der Waals surface area contributed by atoms with Gasteiger partial charge in [0.2, 0.25) is 0 Å². The summed E-state index contributed by atoms with van der Waals surface area (Å²) >= 11 is 1.79. The van der Waals surface area contributed by atoms with Crippen LogP contribution in [0.25, 0.3) is 0 Å². The van der Waals surface area contributed by atoms with Gasteiger partial charge in [-0.15, -0.1) is 11.3 Å². The Morgan fingerprint density at radius 3 is 2.89 bits per heavy atom. The van der Waals surface area contributed by atoms with E-state index in [-0.39, 0.29) is 0 Å². The summed E-state index contributed by atoms with van der Waals surface area (Å²) in [6.45, 7) is 4.69. The van der Waals surface area contributed by atoms with Gasteiger partial charge in [-0.1, -0.05) is 12.1 Å². The molecule has 0 fully saturated rings. The molecule has 0 amide bonds. The van der Waals surface area contributed by atoms with E-state index >= 15 is 0 Å². The fraction of sp³-hybridized carbons (Fsp3) is 0.357. The highest BCUT2D eigenvalue weighted by Crippen LogP contribution is 2.21. The van der Waals surface area contributed by atoms with Gasteiger partial charge in [-0.25, -0.2) is 4.98 Å². The first-order valence-corrected chi connectivity index (χ1v) is 7.14. The molecule has 0 bridgehead atoms. The number of nitrogens with two attached hydrogens (primary N) is 1. The minimum atomic E-state index is 0.662. The topological polar surface area (TPSA) is 42.2 Å². The molecule has 0 aliphatic rings. The highest BCUT2D eigenvalue weighted by molar-refractivity contribution is 7.09. The van der Waals surface area contributed by atoms with E-state index in [1.165, 1.54) is 10.4 Å². The van der Waals surface area contributed by atoms with Crippen molar-refractivity contribution in [3.05, 3.63) is 46.3 Å². The van der Waals surface area contributed by atoms with E-state index in [1.54, 1.807) is 11.3 Å². The van der Waals surface area contributed by atoms with Crippen molar-refractivity contribution < 1.29 is 0 Å². The quantitative estimate of drug-likeness (QED) is 0.869. The Kier molecular flexibility index (Phi) is 4.73. The van der Waals surface area contributed by atoms with E-state index in [0.29, 0.717) is 6.54 Å². The molecular formula is C14H19N3S. The molecule has 0 radical (unpaired) electrons. The second-order valence-electron chi connectivity index (χ2n) is 4.12. The van der Waals surface area contributed by atoms with Gasteiger partial charge in [0.25, 0.3) is 0 Å². The second-order valence-corrected chi connectivity index (χ2v) is 5.15. The van der Waals surface area contributed by atoms with Crippen molar-refractivity contribution in [1.29, 1.82) is 0 Å². The zero-order valence-corrected chi connectivity index (χ0v) is 11.5.